The summed E-state index contributed by atoms with van der Waals surface area (Å²) in [4.78, 5) is 0. The van der Waals surface area contributed by atoms with Crippen molar-refractivity contribution < 1.29 is 4.74 Å². The first-order valence-electron chi connectivity index (χ1n) is 6.69. The molecule has 0 heterocycles. The summed E-state index contributed by atoms with van der Waals surface area (Å²) >= 11 is 0. The molecule has 94 valence electrons. The zero-order valence-electron chi connectivity index (χ0n) is 10.7. The second-order valence-corrected chi connectivity index (χ2v) is 5.01. The zero-order valence-corrected chi connectivity index (χ0v) is 10.7. The maximum Gasteiger partial charge on any atom is 0.118 e. The van der Waals surface area contributed by atoms with Crippen molar-refractivity contribution in [2.24, 2.45) is 11.7 Å². The van der Waals surface area contributed by atoms with Gasteiger partial charge in [-0.2, -0.15) is 0 Å². The molecular formula is C15H23NO. The van der Waals surface area contributed by atoms with Gasteiger partial charge in [0.2, 0.25) is 0 Å². The van der Waals surface area contributed by atoms with Gasteiger partial charge in [0.15, 0.2) is 0 Å². The van der Waals surface area contributed by atoms with E-state index < -0.39 is 0 Å². The van der Waals surface area contributed by atoms with Crippen LogP contribution in [0.3, 0.4) is 0 Å². The Morgan fingerprint density at radius 1 is 1.18 bits per heavy atom. The molecule has 0 amide bonds. The first-order chi connectivity index (χ1) is 8.35. The number of nitrogens with two attached hydrogens (primary N) is 1. The van der Waals surface area contributed by atoms with Gasteiger partial charge in [0.05, 0.1) is 7.11 Å². The van der Waals surface area contributed by atoms with Gasteiger partial charge >= 0.3 is 0 Å². The highest BCUT2D eigenvalue weighted by atomic mass is 16.5. The van der Waals surface area contributed by atoms with Gasteiger partial charge in [-0.05, 0) is 48.9 Å². The van der Waals surface area contributed by atoms with Gasteiger partial charge < -0.3 is 10.5 Å². The van der Waals surface area contributed by atoms with E-state index in [1.54, 1.807) is 7.11 Å². The second-order valence-electron chi connectivity index (χ2n) is 5.01. The van der Waals surface area contributed by atoms with Crippen molar-refractivity contribution in [3.8, 4) is 5.75 Å². The van der Waals surface area contributed by atoms with Gasteiger partial charge in [-0.25, -0.2) is 0 Å². The van der Waals surface area contributed by atoms with Crippen LogP contribution >= 0.6 is 0 Å². The maximum absolute atomic E-state index is 5.97. The van der Waals surface area contributed by atoms with Crippen LogP contribution in [0.1, 0.15) is 43.6 Å². The van der Waals surface area contributed by atoms with Crippen molar-refractivity contribution in [2.75, 3.05) is 13.7 Å². The first kappa shape index (κ1) is 12.4. The Kier molecular flexibility index (Phi) is 4.43. The molecule has 0 saturated heterocycles. The number of hydrogen-bond acceptors (Lipinski definition) is 2. The molecule has 2 heteroatoms. The van der Waals surface area contributed by atoms with Crippen LogP contribution in [0, 0.1) is 5.92 Å². The molecule has 1 unspecified atom stereocenters. The number of benzene rings is 1. The lowest BCUT2D eigenvalue weighted by atomic mass is 9.77. The summed E-state index contributed by atoms with van der Waals surface area (Å²) in [6.45, 7) is 0.761. The minimum absolute atomic E-state index is 0.529. The number of rotatable bonds is 4. The summed E-state index contributed by atoms with van der Waals surface area (Å²) < 4.78 is 5.20. The standard InChI is InChI=1S/C15H23NO/c1-17-14-9-7-13(8-10-14)15(11-16)12-5-3-2-4-6-12/h7-10,12,15H,2-6,11,16H2,1H3. The summed E-state index contributed by atoms with van der Waals surface area (Å²) in [7, 11) is 1.70. The van der Waals surface area contributed by atoms with Crippen LogP contribution < -0.4 is 10.5 Å². The summed E-state index contributed by atoms with van der Waals surface area (Å²) in [6, 6.07) is 8.43. The molecular weight excluding hydrogens is 210 g/mol. The number of ether oxygens (including phenoxy) is 1. The van der Waals surface area contributed by atoms with E-state index in [0.29, 0.717) is 5.92 Å². The fraction of sp³-hybridized carbons (Fsp3) is 0.600. The largest absolute Gasteiger partial charge is 0.497 e. The third kappa shape index (κ3) is 3.01. The zero-order chi connectivity index (χ0) is 12.1. The molecule has 2 nitrogen and oxygen atoms in total. The fourth-order valence-corrected chi connectivity index (χ4v) is 2.99. The Morgan fingerprint density at radius 3 is 2.35 bits per heavy atom. The number of hydrogen-bond donors (Lipinski definition) is 1. The molecule has 1 aliphatic carbocycles. The van der Waals surface area contributed by atoms with E-state index in [9.17, 15) is 0 Å². The normalized spacial score (nSPS) is 18.9. The molecule has 1 fully saturated rings. The minimum Gasteiger partial charge on any atom is -0.497 e. The Labute approximate surface area is 104 Å². The van der Waals surface area contributed by atoms with Gasteiger partial charge in [0, 0.05) is 0 Å². The van der Waals surface area contributed by atoms with Gasteiger partial charge in [-0.3, -0.25) is 0 Å². The highest BCUT2D eigenvalue weighted by Crippen LogP contribution is 2.35. The molecule has 17 heavy (non-hydrogen) atoms. The lowest BCUT2D eigenvalue weighted by Crippen LogP contribution is -2.23. The highest BCUT2D eigenvalue weighted by molar-refractivity contribution is 5.30. The molecule has 1 saturated carbocycles. The molecule has 1 aliphatic rings. The van der Waals surface area contributed by atoms with Crippen molar-refractivity contribution in [3.63, 3.8) is 0 Å². The van der Waals surface area contributed by atoms with Crippen molar-refractivity contribution in [3.05, 3.63) is 29.8 Å². The first-order valence-corrected chi connectivity index (χ1v) is 6.69. The van der Waals surface area contributed by atoms with Crippen molar-refractivity contribution >= 4 is 0 Å². The van der Waals surface area contributed by atoms with Crippen LogP contribution in [0.25, 0.3) is 0 Å². The molecule has 1 aromatic rings. The van der Waals surface area contributed by atoms with Crippen molar-refractivity contribution in [2.45, 2.75) is 38.0 Å². The molecule has 0 bridgehead atoms. The molecule has 1 atom stereocenters. The van der Waals surface area contributed by atoms with Crippen LogP contribution in [0.5, 0.6) is 5.75 Å². The summed E-state index contributed by atoms with van der Waals surface area (Å²) in [5, 5.41) is 0. The van der Waals surface area contributed by atoms with Crippen molar-refractivity contribution in [1.29, 1.82) is 0 Å². The third-order valence-electron chi connectivity index (χ3n) is 4.02. The topological polar surface area (TPSA) is 35.2 Å². The average molecular weight is 233 g/mol. The van der Waals surface area contributed by atoms with Gasteiger partial charge in [0.25, 0.3) is 0 Å². The quantitative estimate of drug-likeness (QED) is 0.866. The Morgan fingerprint density at radius 2 is 1.82 bits per heavy atom. The monoisotopic (exact) mass is 233 g/mol. The summed E-state index contributed by atoms with van der Waals surface area (Å²) in [5.41, 5.74) is 7.35. The average Bonchev–Trinajstić information content (AvgIpc) is 2.42. The van der Waals surface area contributed by atoms with Gasteiger partial charge in [0.1, 0.15) is 5.75 Å². The van der Waals surface area contributed by atoms with E-state index >= 15 is 0 Å². The van der Waals surface area contributed by atoms with Crippen LogP contribution in [-0.2, 0) is 0 Å². The Balaban J connectivity index is 2.10. The second kappa shape index (κ2) is 6.06. The predicted molar refractivity (Wildman–Crippen MR) is 71.4 cm³/mol. The van der Waals surface area contributed by atoms with E-state index in [1.807, 2.05) is 12.1 Å². The molecule has 2 N–H and O–H groups in total. The smallest absolute Gasteiger partial charge is 0.118 e. The molecule has 0 radical (unpaired) electrons. The highest BCUT2D eigenvalue weighted by Gasteiger charge is 2.23. The summed E-state index contributed by atoms with van der Waals surface area (Å²) in [5.74, 6) is 2.23. The van der Waals surface area contributed by atoms with Crippen LogP contribution in [-0.4, -0.2) is 13.7 Å². The molecule has 0 spiro atoms. The summed E-state index contributed by atoms with van der Waals surface area (Å²) in [6.07, 6.45) is 6.83. The van der Waals surface area contributed by atoms with Crippen LogP contribution in [0.15, 0.2) is 24.3 Å². The molecule has 0 aromatic heterocycles. The minimum atomic E-state index is 0.529. The Bertz CT molecular complexity index is 327. The fourth-order valence-electron chi connectivity index (χ4n) is 2.99. The van der Waals surface area contributed by atoms with E-state index in [2.05, 4.69) is 12.1 Å². The van der Waals surface area contributed by atoms with Crippen LogP contribution in [0.4, 0.5) is 0 Å². The van der Waals surface area contributed by atoms with E-state index in [1.165, 1.54) is 37.7 Å². The van der Waals surface area contributed by atoms with E-state index in [0.717, 1.165) is 18.2 Å². The lowest BCUT2D eigenvalue weighted by molar-refractivity contribution is 0.307. The van der Waals surface area contributed by atoms with Gasteiger partial charge in [-0.15, -0.1) is 0 Å². The Hall–Kier alpha value is -1.02. The third-order valence-corrected chi connectivity index (χ3v) is 4.02. The van der Waals surface area contributed by atoms with E-state index in [-0.39, 0.29) is 0 Å². The molecule has 2 rings (SSSR count). The number of methoxy groups -OCH3 is 1. The maximum atomic E-state index is 5.97. The predicted octanol–water partition coefficient (Wildman–Crippen LogP) is 3.32. The van der Waals surface area contributed by atoms with Crippen molar-refractivity contribution in [1.82, 2.24) is 0 Å². The molecule has 1 aromatic carbocycles. The lowest BCUT2D eigenvalue weighted by Gasteiger charge is -2.29. The van der Waals surface area contributed by atoms with E-state index in [4.69, 9.17) is 10.5 Å². The van der Waals surface area contributed by atoms with Gasteiger partial charge in [-0.1, -0.05) is 31.4 Å². The SMILES string of the molecule is COc1ccc(C(CN)C2CCCCC2)cc1. The van der Waals surface area contributed by atoms with Crippen LogP contribution in [0.2, 0.25) is 0 Å². The molecule has 0 aliphatic heterocycles.